The van der Waals surface area contributed by atoms with Gasteiger partial charge in [0.25, 0.3) is 5.91 Å². The normalized spacial score (nSPS) is 17.9. The summed E-state index contributed by atoms with van der Waals surface area (Å²) in [5, 5.41) is 10.4. The van der Waals surface area contributed by atoms with E-state index >= 15 is 0 Å². The van der Waals surface area contributed by atoms with E-state index in [1.807, 2.05) is 25.1 Å². The fraction of sp³-hybridized carbons (Fsp3) is 0.125. The van der Waals surface area contributed by atoms with Gasteiger partial charge in [-0.05, 0) is 36.4 Å². The van der Waals surface area contributed by atoms with Crippen LogP contribution in [0.1, 0.15) is 10.6 Å². The Hall–Kier alpha value is -1.96. The molecule has 0 atom stereocenters. The molecule has 3 rings (SSSR count). The lowest BCUT2D eigenvalue weighted by atomic mass is 10.2. The lowest BCUT2D eigenvalue weighted by Crippen LogP contribution is -2.29. The minimum Gasteiger partial charge on any atom is -0.282 e. The molecule has 1 fully saturated rings. The highest BCUT2D eigenvalue weighted by Gasteiger charge is 2.33. The lowest BCUT2D eigenvalue weighted by molar-refractivity contribution is -0.121. The van der Waals surface area contributed by atoms with Crippen molar-refractivity contribution in [1.82, 2.24) is 15.1 Å². The molecule has 0 radical (unpaired) electrons. The molecule has 0 saturated carbocycles. The van der Waals surface area contributed by atoms with Crippen molar-refractivity contribution in [2.75, 3.05) is 6.54 Å². The maximum absolute atomic E-state index is 12.6. The first kappa shape index (κ1) is 16.9. The van der Waals surface area contributed by atoms with E-state index in [1.54, 1.807) is 23.1 Å². The Morgan fingerprint density at radius 3 is 2.83 bits per heavy atom. The Labute approximate surface area is 152 Å². The zero-order valence-corrected chi connectivity index (χ0v) is 15.2. The van der Waals surface area contributed by atoms with Crippen LogP contribution >= 0.6 is 34.7 Å². The van der Waals surface area contributed by atoms with E-state index in [0.29, 0.717) is 26.8 Å². The summed E-state index contributed by atoms with van der Waals surface area (Å²) in [4.78, 5) is 19.2. The van der Waals surface area contributed by atoms with E-state index in [1.165, 1.54) is 23.1 Å². The molecule has 1 aromatic heterocycles. The molecular formula is C16H13ClN4OS2. The van der Waals surface area contributed by atoms with E-state index in [0.717, 1.165) is 10.6 Å². The zero-order valence-electron chi connectivity index (χ0n) is 12.8. The third-order valence-electron chi connectivity index (χ3n) is 3.10. The number of aryl methyl sites for hydroxylation is 1. The maximum Gasteiger partial charge on any atom is 0.267 e. The number of thioether (sulfide) groups is 1. The molecule has 2 aromatic rings. The molecule has 1 saturated heterocycles. The summed E-state index contributed by atoms with van der Waals surface area (Å²) in [6, 6.07) is 7.38. The predicted molar refractivity (Wildman–Crippen MR) is 101 cm³/mol. The number of amides is 1. The van der Waals surface area contributed by atoms with Crippen LogP contribution in [0, 0.1) is 6.92 Å². The first-order valence-corrected chi connectivity index (χ1v) is 9.05. The molecular weight excluding hydrogens is 364 g/mol. The third kappa shape index (κ3) is 3.58. The number of carbonyl (C=O) groups is 1. The van der Waals surface area contributed by atoms with Crippen molar-refractivity contribution in [3.05, 3.63) is 57.4 Å². The summed E-state index contributed by atoms with van der Waals surface area (Å²) in [6.07, 6.45) is 3.44. The number of aliphatic imine (C=N–C) groups is 1. The second kappa shape index (κ2) is 7.29. The van der Waals surface area contributed by atoms with Crippen molar-refractivity contribution in [3.63, 3.8) is 0 Å². The number of aromatic nitrogens is 2. The highest BCUT2D eigenvalue weighted by molar-refractivity contribution is 8.18. The van der Waals surface area contributed by atoms with Crippen LogP contribution in [0.3, 0.4) is 0 Å². The quantitative estimate of drug-likeness (QED) is 0.590. The van der Waals surface area contributed by atoms with Gasteiger partial charge in [-0.15, -0.1) is 16.8 Å². The van der Waals surface area contributed by atoms with Crippen molar-refractivity contribution < 1.29 is 4.79 Å². The van der Waals surface area contributed by atoms with Gasteiger partial charge in [0.1, 0.15) is 5.01 Å². The Morgan fingerprint density at radius 2 is 2.17 bits per heavy atom. The van der Waals surface area contributed by atoms with Gasteiger partial charge in [0, 0.05) is 11.6 Å². The third-order valence-corrected chi connectivity index (χ3v) is 5.18. The van der Waals surface area contributed by atoms with E-state index < -0.39 is 0 Å². The lowest BCUT2D eigenvalue weighted by Gasteiger charge is -2.11. The zero-order chi connectivity index (χ0) is 17.1. The van der Waals surface area contributed by atoms with Gasteiger partial charge in [0.15, 0.2) is 5.17 Å². The number of hydrogen-bond donors (Lipinski definition) is 0. The van der Waals surface area contributed by atoms with Crippen molar-refractivity contribution in [3.8, 4) is 0 Å². The van der Waals surface area contributed by atoms with E-state index in [-0.39, 0.29) is 5.91 Å². The highest BCUT2D eigenvalue weighted by atomic mass is 35.5. The first-order chi connectivity index (χ1) is 11.6. The van der Waals surface area contributed by atoms with Gasteiger partial charge in [-0.2, -0.15) is 4.99 Å². The van der Waals surface area contributed by atoms with E-state index in [4.69, 9.17) is 11.6 Å². The average Bonchev–Trinajstić information content (AvgIpc) is 3.09. The summed E-state index contributed by atoms with van der Waals surface area (Å²) in [6.45, 7) is 5.94. The molecule has 5 nitrogen and oxygen atoms in total. The molecule has 0 spiro atoms. The molecule has 8 heteroatoms. The van der Waals surface area contributed by atoms with Gasteiger partial charge in [0.05, 0.1) is 4.91 Å². The van der Waals surface area contributed by atoms with Crippen LogP contribution < -0.4 is 0 Å². The number of benzene rings is 1. The van der Waals surface area contributed by atoms with Crippen LogP contribution in [0.5, 0.6) is 0 Å². The molecule has 1 amide bonds. The number of carbonyl (C=O) groups excluding carboxylic acids is 1. The number of rotatable bonds is 4. The molecule has 122 valence electrons. The van der Waals surface area contributed by atoms with Crippen LogP contribution in [-0.2, 0) is 4.79 Å². The van der Waals surface area contributed by atoms with Crippen LogP contribution in [0.25, 0.3) is 6.08 Å². The first-order valence-electron chi connectivity index (χ1n) is 7.04. The van der Waals surface area contributed by atoms with Gasteiger partial charge in [-0.25, -0.2) is 0 Å². The molecule has 2 heterocycles. The molecule has 1 aromatic carbocycles. The summed E-state index contributed by atoms with van der Waals surface area (Å²) < 4.78 is 0. The SMILES string of the molecule is C=CCN1C(=O)C(=Cc2ccccc2Cl)SC1=Nc1nnc(C)s1. The standard InChI is InChI=1S/C16H13ClN4OS2/c1-3-8-21-14(22)13(9-11-6-4-5-7-12(11)17)24-16(21)18-15-20-19-10(2)23-15/h3-7,9H,1,8H2,2H3. The largest absolute Gasteiger partial charge is 0.282 e. The molecule has 0 aliphatic carbocycles. The summed E-state index contributed by atoms with van der Waals surface area (Å²) in [5.41, 5.74) is 0.793. The van der Waals surface area contributed by atoms with E-state index in [2.05, 4.69) is 21.8 Å². The van der Waals surface area contributed by atoms with Crippen molar-refractivity contribution in [2.24, 2.45) is 4.99 Å². The highest BCUT2D eigenvalue weighted by Crippen LogP contribution is 2.35. The Bertz CT molecular complexity index is 859. The average molecular weight is 377 g/mol. The second-order valence-corrected chi connectivity index (χ2v) is 7.41. The Kier molecular flexibility index (Phi) is 5.13. The minimum atomic E-state index is -0.125. The molecule has 24 heavy (non-hydrogen) atoms. The summed E-state index contributed by atoms with van der Waals surface area (Å²) in [5.74, 6) is -0.125. The van der Waals surface area contributed by atoms with Gasteiger partial charge in [-0.3, -0.25) is 9.69 Å². The van der Waals surface area contributed by atoms with Gasteiger partial charge < -0.3 is 0 Å². The van der Waals surface area contributed by atoms with Crippen LogP contribution in [-0.4, -0.2) is 32.7 Å². The molecule has 0 unspecified atom stereocenters. The Morgan fingerprint density at radius 1 is 1.38 bits per heavy atom. The monoisotopic (exact) mass is 376 g/mol. The number of nitrogens with zero attached hydrogens (tertiary/aromatic N) is 4. The van der Waals surface area contributed by atoms with Crippen LogP contribution in [0.15, 0.2) is 46.8 Å². The molecule has 1 aliphatic rings. The smallest absolute Gasteiger partial charge is 0.267 e. The van der Waals surface area contributed by atoms with Crippen molar-refractivity contribution in [1.29, 1.82) is 0 Å². The minimum absolute atomic E-state index is 0.125. The van der Waals surface area contributed by atoms with Crippen molar-refractivity contribution >= 4 is 57.0 Å². The van der Waals surface area contributed by atoms with Crippen LogP contribution in [0.2, 0.25) is 5.02 Å². The predicted octanol–water partition coefficient (Wildman–Crippen LogP) is 4.29. The number of halogens is 1. The maximum atomic E-state index is 12.6. The van der Waals surface area contributed by atoms with E-state index in [9.17, 15) is 4.79 Å². The van der Waals surface area contributed by atoms with Gasteiger partial charge in [0.2, 0.25) is 5.13 Å². The van der Waals surface area contributed by atoms with Gasteiger partial charge >= 0.3 is 0 Å². The number of hydrogen-bond acceptors (Lipinski definition) is 6. The molecule has 0 N–H and O–H groups in total. The topological polar surface area (TPSA) is 58.5 Å². The van der Waals surface area contributed by atoms with Gasteiger partial charge in [-0.1, -0.05) is 47.2 Å². The summed E-state index contributed by atoms with van der Waals surface area (Å²) in [7, 11) is 0. The van der Waals surface area contributed by atoms with Crippen molar-refractivity contribution in [2.45, 2.75) is 6.92 Å². The fourth-order valence-corrected chi connectivity index (χ4v) is 3.82. The summed E-state index contributed by atoms with van der Waals surface area (Å²) >= 11 is 8.85. The Balaban J connectivity index is 1.96. The van der Waals surface area contributed by atoms with Crippen LogP contribution in [0.4, 0.5) is 5.13 Å². The second-order valence-electron chi connectivity index (χ2n) is 4.83. The molecule has 0 bridgehead atoms. The fourth-order valence-electron chi connectivity index (χ4n) is 2.03. The molecule has 1 aliphatic heterocycles. The number of amidine groups is 1.